The van der Waals surface area contributed by atoms with Crippen LogP contribution in [0.4, 0.5) is 0 Å². The van der Waals surface area contributed by atoms with Crippen LogP contribution in [0.3, 0.4) is 0 Å². The van der Waals surface area contributed by atoms with Gasteiger partial charge in [0.25, 0.3) is 0 Å². The molecule has 0 saturated carbocycles. The molecule has 3 atom stereocenters. The minimum atomic E-state index is 0.439. The molecule has 3 rings (SSSR count). The summed E-state index contributed by atoms with van der Waals surface area (Å²) in [6.45, 7) is 13.7. The fourth-order valence-corrected chi connectivity index (χ4v) is 2.81. The number of nitrogens with zero attached hydrogens (tertiary/aromatic N) is 2. The van der Waals surface area contributed by atoms with Gasteiger partial charge in [0.05, 0.1) is 19.1 Å². The zero-order valence-corrected chi connectivity index (χ0v) is 8.94. The van der Waals surface area contributed by atoms with E-state index in [0.717, 1.165) is 13.2 Å². The number of fused-ring (bicyclic) bond motifs is 3. The summed E-state index contributed by atoms with van der Waals surface area (Å²) in [5.41, 5.74) is 0. The summed E-state index contributed by atoms with van der Waals surface area (Å²) in [4.78, 5) is 6.04. The van der Waals surface area contributed by atoms with E-state index in [0.29, 0.717) is 30.6 Å². The quantitative estimate of drug-likeness (QED) is 0.618. The van der Waals surface area contributed by atoms with Crippen LogP contribution in [-0.4, -0.2) is 42.8 Å². The zero-order valence-electron chi connectivity index (χ0n) is 8.94. The Hall–Kier alpha value is -0.590. The number of hydrogen-bond donors (Lipinski definition) is 0. The largest absolute Gasteiger partial charge is 0.379 e. The van der Waals surface area contributed by atoms with Gasteiger partial charge in [-0.3, -0.25) is 4.90 Å². The van der Waals surface area contributed by atoms with Gasteiger partial charge in [-0.1, -0.05) is 0 Å². The van der Waals surface area contributed by atoms with Gasteiger partial charge in [-0.05, 0) is 20.3 Å². The van der Waals surface area contributed by atoms with E-state index in [4.69, 9.17) is 11.3 Å². The molecular formula is C11H18N2O. The van der Waals surface area contributed by atoms with E-state index in [1.807, 2.05) is 0 Å². The maximum absolute atomic E-state index is 6.94. The Morgan fingerprint density at radius 3 is 2.93 bits per heavy atom. The molecule has 0 spiro atoms. The van der Waals surface area contributed by atoms with Crippen molar-refractivity contribution in [3.63, 3.8) is 0 Å². The molecule has 0 unspecified atom stereocenters. The second-order valence-corrected chi connectivity index (χ2v) is 4.64. The summed E-state index contributed by atoms with van der Waals surface area (Å²) in [6.07, 6.45) is 1.23. The Balaban J connectivity index is 2.05. The summed E-state index contributed by atoms with van der Waals surface area (Å²) >= 11 is 0. The summed E-state index contributed by atoms with van der Waals surface area (Å²) in [5.74, 6) is 0.439. The predicted octanol–water partition coefficient (Wildman–Crippen LogP) is 1.40. The molecule has 0 N–H and O–H groups in total. The minimum absolute atomic E-state index is 0.439. The highest BCUT2D eigenvalue weighted by atomic mass is 16.5. The second-order valence-electron chi connectivity index (χ2n) is 4.64. The SMILES string of the molecule is [C-]#[N+]C[C@H]1COC[C@H]2C[C@@H]1N2C(C)C. The van der Waals surface area contributed by atoms with Crippen LogP contribution >= 0.6 is 0 Å². The zero-order chi connectivity index (χ0) is 10.1. The lowest BCUT2D eigenvalue weighted by atomic mass is 9.83. The highest BCUT2D eigenvalue weighted by molar-refractivity contribution is 5.01. The topological polar surface area (TPSA) is 16.8 Å². The van der Waals surface area contributed by atoms with Gasteiger partial charge in [0.2, 0.25) is 6.54 Å². The standard InChI is InChI=1S/C11H18N2O/c1-8(2)13-10-4-11(13)9(5-12-3)6-14-7-10/h8-11H,4-7H2,1-2H3/t9-,10+,11-/m0/s1. The molecule has 3 fully saturated rings. The van der Waals surface area contributed by atoms with Gasteiger partial charge in [0, 0.05) is 18.1 Å². The van der Waals surface area contributed by atoms with Crippen LogP contribution in [0.5, 0.6) is 0 Å². The third-order valence-corrected chi connectivity index (χ3v) is 3.43. The van der Waals surface area contributed by atoms with Gasteiger partial charge in [0.15, 0.2) is 0 Å². The Morgan fingerprint density at radius 2 is 2.29 bits per heavy atom. The second kappa shape index (κ2) is 3.88. The Kier molecular flexibility index (Phi) is 2.76. The lowest BCUT2D eigenvalue weighted by Gasteiger charge is -2.50. The first-order valence-corrected chi connectivity index (χ1v) is 5.42. The molecule has 14 heavy (non-hydrogen) atoms. The average molecular weight is 194 g/mol. The summed E-state index contributed by atoms with van der Waals surface area (Å²) in [7, 11) is 0. The van der Waals surface area contributed by atoms with Crippen molar-refractivity contribution in [1.82, 2.24) is 4.90 Å². The van der Waals surface area contributed by atoms with Crippen LogP contribution in [0.25, 0.3) is 4.85 Å². The van der Waals surface area contributed by atoms with E-state index in [2.05, 4.69) is 23.6 Å². The molecule has 2 bridgehead atoms. The van der Waals surface area contributed by atoms with E-state index >= 15 is 0 Å². The average Bonchev–Trinajstić information content (AvgIpc) is 2.34. The third-order valence-electron chi connectivity index (χ3n) is 3.43. The van der Waals surface area contributed by atoms with Crippen molar-refractivity contribution in [2.24, 2.45) is 5.92 Å². The molecule has 3 aliphatic rings. The molecule has 0 aliphatic carbocycles. The highest BCUT2D eigenvalue weighted by Crippen LogP contribution is 2.36. The fraction of sp³-hybridized carbons (Fsp3) is 0.909. The lowest BCUT2D eigenvalue weighted by Crippen LogP contribution is -2.61. The molecule has 0 amide bonds. The monoisotopic (exact) mass is 194 g/mol. The molecule has 3 heteroatoms. The van der Waals surface area contributed by atoms with Crippen molar-refractivity contribution < 1.29 is 4.74 Å². The smallest absolute Gasteiger partial charge is 0.221 e. The molecule has 0 aromatic carbocycles. The Bertz CT molecular complexity index is 246. The molecular weight excluding hydrogens is 176 g/mol. The van der Waals surface area contributed by atoms with Gasteiger partial charge in [-0.2, -0.15) is 0 Å². The molecule has 3 nitrogen and oxygen atoms in total. The molecule has 0 radical (unpaired) electrons. The van der Waals surface area contributed by atoms with Gasteiger partial charge >= 0.3 is 0 Å². The first-order valence-electron chi connectivity index (χ1n) is 5.42. The van der Waals surface area contributed by atoms with E-state index in [1.165, 1.54) is 6.42 Å². The van der Waals surface area contributed by atoms with Crippen molar-refractivity contribution in [2.75, 3.05) is 19.8 Å². The van der Waals surface area contributed by atoms with Crippen LogP contribution in [0.2, 0.25) is 0 Å². The fourth-order valence-electron chi connectivity index (χ4n) is 2.81. The Morgan fingerprint density at radius 1 is 1.50 bits per heavy atom. The van der Waals surface area contributed by atoms with Gasteiger partial charge < -0.3 is 9.58 Å². The van der Waals surface area contributed by atoms with Crippen molar-refractivity contribution in [2.45, 2.75) is 38.4 Å². The highest BCUT2D eigenvalue weighted by Gasteiger charge is 2.47. The van der Waals surface area contributed by atoms with E-state index < -0.39 is 0 Å². The van der Waals surface area contributed by atoms with Crippen LogP contribution < -0.4 is 0 Å². The third kappa shape index (κ3) is 1.53. The summed E-state index contributed by atoms with van der Waals surface area (Å²) < 4.78 is 5.61. The molecule has 0 aromatic heterocycles. The normalized spacial score (nSPS) is 37.4. The maximum atomic E-state index is 6.94. The van der Waals surface area contributed by atoms with Crippen LogP contribution in [0.1, 0.15) is 20.3 Å². The van der Waals surface area contributed by atoms with Crippen LogP contribution in [0.15, 0.2) is 0 Å². The Labute approximate surface area is 85.9 Å². The number of ether oxygens (including phenoxy) is 1. The van der Waals surface area contributed by atoms with Gasteiger partial charge in [0.1, 0.15) is 0 Å². The maximum Gasteiger partial charge on any atom is 0.221 e. The van der Waals surface area contributed by atoms with Crippen molar-refractivity contribution >= 4 is 0 Å². The molecule has 3 aliphatic heterocycles. The lowest BCUT2D eigenvalue weighted by molar-refractivity contribution is -0.0303. The van der Waals surface area contributed by atoms with Crippen molar-refractivity contribution in [1.29, 1.82) is 0 Å². The molecule has 78 valence electrons. The minimum Gasteiger partial charge on any atom is -0.379 e. The van der Waals surface area contributed by atoms with E-state index in [-0.39, 0.29) is 0 Å². The van der Waals surface area contributed by atoms with Gasteiger partial charge in [-0.25, -0.2) is 6.57 Å². The number of hydrogen-bond acceptors (Lipinski definition) is 2. The summed E-state index contributed by atoms with van der Waals surface area (Å²) in [6, 6.07) is 1.82. The molecule has 3 saturated heterocycles. The summed E-state index contributed by atoms with van der Waals surface area (Å²) in [5, 5.41) is 0. The molecule has 3 heterocycles. The number of rotatable bonds is 2. The predicted molar refractivity (Wildman–Crippen MR) is 54.9 cm³/mol. The van der Waals surface area contributed by atoms with E-state index in [9.17, 15) is 0 Å². The molecule has 0 aromatic rings. The van der Waals surface area contributed by atoms with Gasteiger partial charge in [-0.15, -0.1) is 0 Å². The van der Waals surface area contributed by atoms with Crippen molar-refractivity contribution in [3.8, 4) is 0 Å². The van der Waals surface area contributed by atoms with Crippen molar-refractivity contribution in [3.05, 3.63) is 11.4 Å². The van der Waals surface area contributed by atoms with Crippen LogP contribution in [0, 0.1) is 12.5 Å². The first-order chi connectivity index (χ1) is 6.74. The van der Waals surface area contributed by atoms with E-state index in [1.54, 1.807) is 0 Å². The first kappa shape index (κ1) is 9.95. The van der Waals surface area contributed by atoms with Crippen LogP contribution in [-0.2, 0) is 4.74 Å².